The van der Waals surface area contributed by atoms with E-state index in [4.69, 9.17) is 0 Å². The van der Waals surface area contributed by atoms with Crippen LogP contribution in [0.2, 0.25) is 0 Å². The van der Waals surface area contributed by atoms with Crippen molar-refractivity contribution in [2.75, 3.05) is 0 Å². The Labute approximate surface area is 114 Å². The monoisotopic (exact) mass is 310 g/mol. The fourth-order valence-corrected chi connectivity index (χ4v) is 2.81. The molecule has 0 saturated heterocycles. The number of hydrogen-bond donors (Lipinski definition) is 0. The molecule has 2 rings (SSSR count). The third kappa shape index (κ3) is 2.99. The van der Waals surface area contributed by atoms with E-state index in [1.54, 1.807) is 0 Å². The van der Waals surface area contributed by atoms with Crippen molar-refractivity contribution in [3.63, 3.8) is 0 Å². The van der Waals surface area contributed by atoms with Gasteiger partial charge in [0.1, 0.15) is 5.52 Å². The number of rotatable bonds is 3. The second-order valence-corrected chi connectivity index (χ2v) is 6.73. The molecule has 2 aromatic heterocycles. The predicted molar refractivity (Wildman–Crippen MR) is 77.4 cm³/mol. The van der Waals surface area contributed by atoms with Crippen LogP contribution in [0.1, 0.15) is 20.8 Å². The lowest BCUT2D eigenvalue weighted by molar-refractivity contribution is 0.642. The number of thioether (sulfide) groups is 1. The minimum atomic E-state index is 0.575. The van der Waals surface area contributed by atoms with Gasteiger partial charge in [-0.25, -0.2) is 0 Å². The number of nitrogens with zero attached hydrogens (tertiary/aromatic N) is 2. The summed E-state index contributed by atoms with van der Waals surface area (Å²) in [5.74, 6) is 0.652. The van der Waals surface area contributed by atoms with Crippen molar-refractivity contribution in [1.82, 2.24) is 9.97 Å². The van der Waals surface area contributed by atoms with Gasteiger partial charge in [0, 0.05) is 27.0 Å². The van der Waals surface area contributed by atoms with Crippen molar-refractivity contribution in [1.29, 1.82) is 0 Å². The van der Waals surface area contributed by atoms with E-state index >= 15 is 0 Å². The quantitative estimate of drug-likeness (QED) is 0.779. The molecule has 0 radical (unpaired) electrons. The van der Waals surface area contributed by atoms with Crippen molar-refractivity contribution in [2.45, 2.75) is 30.9 Å². The standard InChI is InChI=1S/C13H15BrN2S/c1-8(2)9(3)17-12-4-5-15-11-6-10(14)7-16-13(11)12/h4-9H,1-3H3. The van der Waals surface area contributed by atoms with E-state index < -0.39 is 0 Å². The largest absolute Gasteiger partial charge is 0.254 e. The van der Waals surface area contributed by atoms with Gasteiger partial charge < -0.3 is 0 Å². The van der Waals surface area contributed by atoms with Crippen LogP contribution in [0.4, 0.5) is 0 Å². The Balaban J connectivity index is 2.41. The molecule has 0 fully saturated rings. The van der Waals surface area contributed by atoms with Crippen molar-refractivity contribution in [3.05, 3.63) is 29.0 Å². The molecule has 2 aromatic rings. The van der Waals surface area contributed by atoms with Crippen molar-refractivity contribution in [2.24, 2.45) is 5.92 Å². The van der Waals surface area contributed by atoms with Crippen LogP contribution in [0.5, 0.6) is 0 Å². The molecule has 1 atom stereocenters. The lowest BCUT2D eigenvalue weighted by atomic mass is 10.2. The van der Waals surface area contributed by atoms with Gasteiger partial charge in [-0.1, -0.05) is 20.8 Å². The van der Waals surface area contributed by atoms with Crippen LogP contribution < -0.4 is 0 Å². The summed E-state index contributed by atoms with van der Waals surface area (Å²) in [6.45, 7) is 6.73. The van der Waals surface area contributed by atoms with Crippen LogP contribution in [-0.4, -0.2) is 15.2 Å². The van der Waals surface area contributed by atoms with E-state index in [2.05, 4.69) is 46.7 Å². The Morgan fingerprint density at radius 2 is 2.00 bits per heavy atom. The average molecular weight is 311 g/mol. The average Bonchev–Trinajstić information content (AvgIpc) is 2.28. The molecule has 4 heteroatoms. The number of hydrogen-bond acceptors (Lipinski definition) is 3. The van der Waals surface area contributed by atoms with Crippen molar-refractivity contribution >= 4 is 38.7 Å². The fraction of sp³-hybridized carbons (Fsp3) is 0.385. The summed E-state index contributed by atoms with van der Waals surface area (Å²) in [5.41, 5.74) is 1.94. The molecule has 0 N–H and O–H groups in total. The second kappa shape index (κ2) is 5.36. The third-order valence-electron chi connectivity index (χ3n) is 2.76. The highest BCUT2D eigenvalue weighted by Crippen LogP contribution is 2.32. The van der Waals surface area contributed by atoms with E-state index in [1.807, 2.05) is 36.3 Å². The zero-order chi connectivity index (χ0) is 12.4. The Morgan fingerprint density at radius 1 is 1.24 bits per heavy atom. The smallest absolute Gasteiger partial charge is 0.102 e. The summed E-state index contributed by atoms with van der Waals surface area (Å²) in [6, 6.07) is 4.05. The van der Waals surface area contributed by atoms with Gasteiger partial charge in [0.15, 0.2) is 0 Å². The molecule has 0 aromatic carbocycles. The maximum atomic E-state index is 4.46. The van der Waals surface area contributed by atoms with Gasteiger partial charge in [-0.05, 0) is 34.0 Å². The Kier molecular flexibility index (Phi) is 4.05. The normalized spacial score (nSPS) is 13.2. The molecule has 90 valence electrons. The van der Waals surface area contributed by atoms with Gasteiger partial charge in [0.25, 0.3) is 0 Å². The molecule has 0 aliphatic heterocycles. The molecule has 2 nitrogen and oxygen atoms in total. The lowest BCUT2D eigenvalue weighted by Gasteiger charge is -2.15. The van der Waals surface area contributed by atoms with E-state index in [0.717, 1.165) is 15.5 Å². The van der Waals surface area contributed by atoms with Gasteiger partial charge in [0.05, 0.1) is 5.52 Å². The first-order chi connectivity index (χ1) is 8.08. The van der Waals surface area contributed by atoms with E-state index in [1.165, 1.54) is 4.90 Å². The maximum absolute atomic E-state index is 4.46. The number of aromatic nitrogens is 2. The van der Waals surface area contributed by atoms with E-state index in [9.17, 15) is 0 Å². The van der Waals surface area contributed by atoms with Crippen LogP contribution in [0.15, 0.2) is 33.9 Å². The highest BCUT2D eigenvalue weighted by atomic mass is 79.9. The first-order valence-electron chi connectivity index (χ1n) is 5.65. The summed E-state index contributed by atoms with van der Waals surface area (Å²) in [7, 11) is 0. The predicted octanol–water partition coefficient (Wildman–Crippen LogP) is 4.53. The van der Waals surface area contributed by atoms with Gasteiger partial charge in [-0.15, -0.1) is 11.8 Å². The van der Waals surface area contributed by atoms with Crippen molar-refractivity contribution < 1.29 is 0 Å². The molecule has 2 heterocycles. The molecule has 0 bridgehead atoms. The zero-order valence-electron chi connectivity index (χ0n) is 10.1. The maximum Gasteiger partial charge on any atom is 0.102 e. The van der Waals surface area contributed by atoms with E-state index in [-0.39, 0.29) is 0 Å². The molecular weight excluding hydrogens is 296 g/mol. The molecule has 0 saturated carbocycles. The summed E-state index contributed by atoms with van der Waals surface area (Å²) in [6.07, 6.45) is 3.68. The number of halogens is 1. The van der Waals surface area contributed by atoms with Gasteiger partial charge in [-0.2, -0.15) is 0 Å². The zero-order valence-corrected chi connectivity index (χ0v) is 12.5. The molecular formula is C13H15BrN2S. The van der Waals surface area contributed by atoms with Crippen LogP contribution in [-0.2, 0) is 0 Å². The molecule has 0 spiro atoms. The number of pyridine rings is 2. The summed E-state index contributed by atoms with van der Waals surface area (Å²) in [4.78, 5) is 10.0. The number of fused-ring (bicyclic) bond motifs is 1. The van der Waals surface area contributed by atoms with Crippen LogP contribution in [0.25, 0.3) is 11.0 Å². The van der Waals surface area contributed by atoms with Crippen molar-refractivity contribution in [3.8, 4) is 0 Å². The minimum absolute atomic E-state index is 0.575. The third-order valence-corrected chi connectivity index (χ3v) is 4.69. The molecule has 17 heavy (non-hydrogen) atoms. The summed E-state index contributed by atoms with van der Waals surface area (Å²) < 4.78 is 0.969. The SMILES string of the molecule is CC(C)C(C)Sc1ccnc2cc(Br)cnc12. The Morgan fingerprint density at radius 3 is 2.71 bits per heavy atom. The second-order valence-electron chi connectivity index (χ2n) is 4.40. The fourth-order valence-electron chi connectivity index (χ4n) is 1.41. The molecule has 0 amide bonds. The first kappa shape index (κ1) is 12.8. The van der Waals surface area contributed by atoms with Gasteiger partial charge >= 0.3 is 0 Å². The van der Waals surface area contributed by atoms with Gasteiger partial charge in [0.2, 0.25) is 0 Å². The topological polar surface area (TPSA) is 25.8 Å². The minimum Gasteiger partial charge on any atom is -0.254 e. The summed E-state index contributed by atoms with van der Waals surface area (Å²) >= 11 is 5.29. The molecule has 0 aliphatic rings. The lowest BCUT2D eigenvalue weighted by Crippen LogP contribution is -2.05. The Hall–Kier alpha value is -0.610. The highest BCUT2D eigenvalue weighted by molar-refractivity contribution is 9.10. The highest BCUT2D eigenvalue weighted by Gasteiger charge is 2.12. The Bertz CT molecular complexity index is 528. The van der Waals surface area contributed by atoms with Crippen LogP contribution >= 0.6 is 27.7 Å². The molecule has 1 unspecified atom stereocenters. The first-order valence-corrected chi connectivity index (χ1v) is 7.32. The van der Waals surface area contributed by atoms with Crippen LogP contribution in [0, 0.1) is 5.92 Å². The van der Waals surface area contributed by atoms with Crippen LogP contribution in [0.3, 0.4) is 0 Å². The van der Waals surface area contributed by atoms with Gasteiger partial charge in [-0.3, -0.25) is 9.97 Å². The van der Waals surface area contributed by atoms with E-state index in [0.29, 0.717) is 11.2 Å². The summed E-state index contributed by atoms with van der Waals surface area (Å²) in [5, 5.41) is 0.575. The molecule has 0 aliphatic carbocycles.